The number of esters is 1. The molecule has 1 aliphatic heterocycles. The van der Waals surface area contributed by atoms with Crippen molar-refractivity contribution in [3.63, 3.8) is 0 Å². The van der Waals surface area contributed by atoms with Crippen LogP contribution in [0.15, 0.2) is 0 Å². The summed E-state index contributed by atoms with van der Waals surface area (Å²) in [6.45, 7) is 5.37. The van der Waals surface area contributed by atoms with Gasteiger partial charge in [-0.15, -0.1) is 0 Å². The molecule has 1 saturated carbocycles. The van der Waals surface area contributed by atoms with Crippen molar-refractivity contribution in [2.45, 2.75) is 46.0 Å². The second-order valence-corrected chi connectivity index (χ2v) is 6.16. The van der Waals surface area contributed by atoms with Gasteiger partial charge in [-0.05, 0) is 25.2 Å². The van der Waals surface area contributed by atoms with Crippen LogP contribution in [0.1, 0.15) is 46.0 Å². The number of ether oxygens (including phenoxy) is 1. The van der Waals surface area contributed by atoms with Gasteiger partial charge in [-0.25, -0.2) is 0 Å². The summed E-state index contributed by atoms with van der Waals surface area (Å²) in [4.78, 5) is 26.4. The number of amides is 1. The van der Waals surface area contributed by atoms with Crippen LogP contribution >= 0.6 is 0 Å². The zero-order valence-corrected chi connectivity index (χ0v) is 12.3. The second-order valence-electron chi connectivity index (χ2n) is 6.16. The van der Waals surface area contributed by atoms with Crippen molar-refractivity contribution >= 4 is 11.9 Å². The first-order valence-corrected chi connectivity index (χ1v) is 7.41. The summed E-state index contributed by atoms with van der Waals surface area (Å²) in [5, 5.41) is 0. The van der Waals surface area contributed by atoms with Gasteiger partial charge in [0.25, 0.3) is 0 Å². The minimum atomic E-state index is -0.181. The van der Waals surface area contributed by atoms with Crippen molar-refractivity contribution in [3.05, 3.63) is 0 Å². The molecule has 4 heteroatoms. The predicted octanol–water partition coefficient (Wildman–Crippen LogP) is 2.22. The summed E-state index contributed by atoms with van der Waals surface area (Å²) in [6, 6.07) is 0. The number of carbonyl (C=O) groups is 2. The highest BCUT2D eigenvalue weighted by Gasteiger charge is 2.46. The Kier molecular flexibility index (Phi) is 4.16. The molecule has 0 N–H and O–H groups in total. The van der Waals surface area contributed by atoms with Crippen LogP contribution in [0.5, 0.6) is 0 Å². The largest absolute Gasteiger partial charge is 0.469 e. The highest BCUT2D eigenvalue weighted by Crippen LogP contribution is 2.43. The first-order valence-electron chi connectivity index (χ1n) is 7.41. The fourth-order valence-corrected chi connectivity index (χ4v) is 3.70. The second kappa shape index (κ2) is 5.51. The maximum atomic E-state index is 12.8. The standard InChI is InChI=1S/C15H25NO3/c1-4-15(7-5-6-8-15)14(18)16-9-11(2)12(10-16)13(17)19-3/h11-12H,4-10H2,1-3H3. The molecule has 0 bridgehead atoms. The summed E-state index contributed by atoms with van der Waals surface area (Å²) in [5.41, 5.74) is -0.148. The van der Waals surface area contributed by atoms with E-state index < -0.39 is 0 Å². The number of likely N-dealkylation sites (tertiary alicyclic amines) is 1. The average Bonchev–Trinajstić information content (AvgIpc) is 3.04. The average molecular weight is 267 g/mol. The molecule has 2 fully saturated rings. The maximum absolute atomic E-state index is 12.8. The third-order valence-corrected chi connectivity index (χ3v) is 5.09. The summed E-state index contributed by atoms with van der Waals surface area (Å²) < 4.78 is 4.83. The van der Waals surface area contributed by atoms with E-state index in [9.17, 15) is 9.59 Å². The molecule has 0 aromatic rings. The van der Waals surface area contributed by atoms with E-state index in [0.29, 0.717) is 13.1 Å². The van der Waals surface area contributed by atoms with E-state index in [4.69, 9.17) is 4.74 Å². The van der Waals surface area contributed by atoms with Gasteiger partial charge in [0, 0.05) is 18.5 Å². The summed E-state index contributed by atoms with van der Waals surface area (Å²) >= 11 is 0. The Morgan fingerprint density at radius 3 is 2.42 bits per heavy atom. The molecule has 2 rings (SSSR count). The fourth-order valence-electron chi connectivity index (χ4n) is 3.70. The van der Waals surface area contributed by atoms with Gasteiger partial charge in [0.2, 0.25) is 5.91 Å². The Morgan fingerprint density at radius 1 is 1.26 bits per heavy atom. The third-order valence-electron chi connectivity index (χ3n) is 5.09. The molecule has 2 atom stereocenters. The van der Waals surface area contributed by atoms with Crippen LogP contribution < -0.4 is 0 Å². The first-order chi connectivity index (χ1) is 9.04. The molecular weight excluding hydrogens is 242 g/mol. The molecule has 2 unspecified atom stereocenters. The first kappa shape index (κ1) is 14.4. The lowest BCUT2D eigenvalue weighted by Crippen LogP contribution is -2.41. The molecule has 1 amide bonds. The zero-order chi connectivity index (χ0) is 14.0. The lowest BCUT2D eigenvalue weighted by molar-refractivity contribution is -0.146. The van der Waals surface area contributed by atoms with Crippen LogP contribution in [-0.4, -0.2) is 37.0 Å². The minimum absolute atomic E-state index is 0.148. The van der Waals surface area contributed by atoms with Crippen molar-refractivity contribution in [2.24, 2.45) is 17.3 Å². The summed E-state index contributed by atoms with van der Waals surface area (Å²) in [5.74, 6) is 0.140. The third kappa shape index (κ3) is 2.49. The Bertz CT molecular complexity index is 360. The van der Waals surface area contributed by atoms with Gasteiger partial charge >= 0.3 is 5.97 Å². The van der Waals surface area contributed by atoms with Crippen molar-refractivity contribution in [3.8, 4) is 0 Å². The van der Waals surface area contributed by atoms with Crippen molar-refractivity contribution in [1.29, 1.82) is 0 Å². The van der Waals surface area contributed by atoms with E-state index >= 15 is 0 Å². The summed E-state index contributed by atoms with van der Waals surface area (Å²) in [6.07, 6.45) is 5.25. The molecule has 108 valence electrons. The molecule has 0 aromatic carbocycles. The molecule has 1 saturated heterocycles. The highest BCUT2D eigenvalue weighted by molar-refractivity contribution is 5.84. The Balaban J connectivity index is 2.07. The van der Waals surface area contributed by atoms with Gasteiger partial charge < -0.3 is 9.64 Å². The van der Waals surface area contributed by atoms with Crippen molar-refractivity contribution in [1.82, 2.24) is 4.90 Å². The Morgan fingerprint density at radius 2 is 1.89 bits per heavy atom. The summed E-state index contributed by atoms with van der Waals surface area (Å²) in [7, 11) is 1.42. The van der Waals surface area contributed by atoms with E-state index in [1.807, 2.05) is 11.8 Å². The number of rotatable bonds is 3. The van der Waals surface area contributed by atoms with Crippen LogP contribution in [0.4, 0.5) is 0 Å². The van der Waals surface area contributed by atoms with Gasteiger partial charge in [-0.1, -0.05) is 26.7 Å². The molecule has 4 nitrogen and oxygen atoms in total. The van der Waals surface area contributed by atoms with Crippen LogP contribution in [0, 0.1) is 17.3 Å². The monoisotopic (exact) mass is 267 g/mol. The molecule has 0 radical (unpaired) electrons. The van der Waals surface area contributed by atoms with Gasteiger partial charge in [-0.3, -0.25) is 9.59 Å². The predicted molar refractivity (Wildman–Crippen MR) is 72.4 cm³/mol. The molecule has 2 aliphatic rings. The Hall–Kier alpha value is -1.06. The fraction of sp³-hybridized carbons (Fsp3) is 0.867. The number of hydrogen-bond acceptors (Lipinski definition) is 3. The SMILES string of the molecule is CCC1(C(=O)N2CC(C)C(C(=O)OC)C2)CCCC1. The number of hydrogen-bond donors (Lipinski definition) is 0. The van der Waals surface area contributed by atoms with Gasteiger partial charge in [-0.2, -0.15) is 0 Å². The molecule has 19 heavy (non-hydrogen) atoms. The zero-order valence-electron chi connectivity index (χ0n) is 12.3. The van der Waals surface area contributed by atoms with Gasteiger partial charge in [0.15, 0.2) is 0 Å². The molecular formula is C15H25NO3. The lowest BCUT2D eigenvalue weighted by Gasteiger charge is -2.31. The van der Waals surface area contributed by atoms with E-state index in [0.717, 1.165) is 32.1 Å². The smallest absolute Gasteiger partial charge is 0.310 e. The maximum Gasteiger partial charge on any atom is 0.310 e. The van der Waals surface area contributed by atoms with Crippen LogP contribution in [-0.2, 0) is 14.3 Å². The van der Waals surface area contributed by atoms with Crippen LogP contribution in [0.25, 0.3) is 0 Å². The van der Waals surface area contributed by atoms with Gasteiger partial charge in [0.1, 0.15) is 0 Å². The Labute approximate surface area is 115 Å². The van der Waals surface area contributed by atoms with Crippen molar-refractivity contribution in [2.75, 3.05) is 20.2 Å². The number of methoxy groups -OCH3 is 1. The molecule has 0 aromatic heterocycles. The molecule has 1 aliphatic carbocycles. The van der Waals surface area contributed by atoms with E-state index in [-0.39, 0.29) is 29.1 Å². The lowest BCUT2D eigenvalue weighted by atomic mass is 9.82. The number of nitrogens with zero attached hydrogens (tertiary/aromatic N) is 1. The molecule has 0 spiro atoms. The molecule has 1 heterocycles. The van der Waals surface area contributed by atoms with Crippen molar-refractivity contribution < 1.29 is 14.3 Å². The van der Waals surface area contributed by atoms with Crippen LogP contribution in [0.2, 0.25) is 0 Å². The minimum Gasteiger partial charge on any atom is -0.469 e. The van der Waals surface area contributed by atoms with E-state index in [2.05, 4.69) is 6.92 Å². The van der Waals surface area contributed by atoms with Gasteiger partial charge in [0.05, 0.1) is 13.0 Å². The normalized spacial score (nSPS) is 29.5. The van der Waals surface area contributed by atoms with E-state index in [1.54, 1.807) is 0 Å². The topological polar surface area (TPSA) is 46.6 Å². The quantitative estimate of drug-likeness (QED) is 0.737. The van der Waals surface area contributed by atoms with Crippen LogP contribution in [0.3, 0.4) is 0 Å². The van der Waals surface area contributed by atoms with E-state index in [1.165, 1.54) is 7.11 Å². The number of carbonyl (C=O) groups excluding carboxylic acids is 2. The highest BCUT2D eigenvalue weighted by atomic mass is 16.5.